The Kier molecular flexibility index (Phi) is 7.75. The second-order valence-electron chi connectivity index (χ2n) is 7.55. The van der Waals surface area contributed by atoms with Gasteiger partial charge in [0.2, 0.25) is 15.9 Å². The molecule has 174 valence electrons. The van der Waals surface area contributed by atoms with Gasteiger partial charge in [0, 0.05) is 41.2 Å². The number of carbonyl (C=O) groups excluding carboxylic acids is 1. The highest BCUT2D eigenvalue weighted by Crippen LogP contribution is 2.30. The number of hydrogen-bond acceptors (Lipinski definition) is 3. The summed E-state index contributed by atoms with van der Waals surface area (Å²) in [7, 11) is -3.68. The Morgan fingerprint density at radius 3 is 2.25 bits per heavy atom. The minimum Gasteiger partial charge on any atom is -0.352 e. The summed E-state index contributed by atoms with van der Waals surface area (Å²) >= 11 is 12.2. The van der Waals surface area contributed by atoms with Crippen LogP contribution in [0.5, 0.6) is 0 Å². The van der Waals surface area contributed by atoms with Crippen LogP contribution in [0.1, 0.15) is 29.5 Å². The average molecular weight is 509 g/mol. The molecule has 0 aliphatic carbocycles. The predicted octanol–water partition coefficient (Wildman–Crippen LogP) is 4.87. The molecule has 2 aromatic rings. The molecule has 2 aromatic carbocycles. The minimum atomic E-state index is -4.45. The van der Waals surface area contributed by atoms with Crippen molar-refractivity contribution in [3.8, 4) is 0 Å². The van der Waals surface area contributed by atoms with E-state index in [1.54, 1.807) is 18.2 Å². The van der Waals surface area contributed by atoms with Gasteiger partial charge in [-0.25, -0.2) is 12.7 Å². The van der Waals surface area contributed by atoms with Gasteiger partial charge >= 0.3 is 6.18 Å². The maximum absolute atomic E-state index is 12.8. The van der Waals surface area contributed by atoms with Crippen LogP contribution in [-0.2, 0) is 33.3 Å². The molecule has 1 heterocycles. The van der Waals surface area contributed by atoms with E-state index in [4.69, 9.17) is 23.2 Å². The topological polar surface area (TPSA) is 66.5 Å². The molecule has 0 radical (unpaired) electrons. The Balaban J connectivity index is 1.54. The summed E-state index contributed by atoms with van der Waals surface area (Å²) in [5.41, 5.74) is -0.108. The van der Waals surface area contributed by atoms with Crippen molar-refractivity contribution in [2.24, 2.45) is 5.92 Å². The number of benzene rings is 2. The van der Waals surface area contributed by atoms with E-state index < -0.39 is 27.7 Å². The molecule has 1 fully saturated rings. The van der Waals surface area contributed by atoms with E-state index in [1.807, 2.05) is 0 Å². The first-order valence-electron chi connectivity index (χ1n) is 9.82. The van der Waals surface area contributed by atoms with Gasteiger partial charge in [0.1, 0.15) is 0 Å². The first-order valence-corrected chi connectivity index (χ1v) is 12.2. The van der Waals surface area contributed by atoms with E-state index in [9.17, 15) is 26.4 Å². The van der Waals surface area contributed by atoms with E-state index in [0.29, 0.717) is 24.0 Å². The van der Waals surface area contributed by atoms with Crippen LogP contribution in [0, 0.1) is 5.92 Å². The Labute approximate surface area is 194 Å². The highest BCUT2D eigenvalue weighted by atomic mass is 35.5. The summed E-state index contributed by atoms with van der Waals surface area (Å²) in [6.07, 6.45) is -3.83. The number of rotatable bonds is 6. The quantitative estimate of drug-likeness (QED) is 0.605. The van der Waals surface area contributed by atoms with Gasteiger partial charge in [-0.2, -0.15) is 13.2 Å². The SMILES string of the molecule is O=C(NCc1cccc(C(F)(F)F)c1)C1CCN(S(=O)(=O)Cc2c(Cl)cccc2Cl)CC1. The van der Waals surface area contributed by atoms with Gasteiger partial charge < -0.3 is 5.32 Å². The van der Waals surface area contributed by atoms with Crippen LogP contribution >= 0.6 is 23.2 Å². The number of nitrogens with zero attached hydrogens (tertiary/aromatic N) is 1. The van der Waals surface area contributed by atoms with Crippen molar-refractivity contribution in [3.05, 3.63) is 69.2 Å². The minimum absolute atomic E-state index is 0.0354. The molecule has 1 saturated heterocycles. The van der Waals surface area contributed by atoms with Gasteiger partial charge in [0.25, 0.3) is 0 Å². The number of sulfonamides is 1. The number of piperidine rings is 1. The fourth-order valence-electron chi connectivity index (χ4n) is 3.53. The lowest BCUT2D eigenvalue weighted by Gasteiger charge is -2.30. The second-order valence-corrected chi connectivity index (χ2v) is 10.3. The molecule has 11 heteroatoms. The molecule has 1 N–H and O–H groups in total. The van der Waals surface area contributed by atoms with Gasteiger partial charge in [-0.05, 0) is 42.7 Å². The summed E-state index contributed by atoms with van der Waals surface area (Å²) in [4.78, 5) is 12.5. The van der Waals surface area contributed by atoms with E-state index >= 15 is 0 Å². The average Bonchev–Trinajstić information content (AvgIpc) is 2.74. The summed E-state index contributed by atoms with van der Waals surface area (Å²) in [5, 5.41) is 3.18. The van der Waals surface area contributed by atoms with E-state index in [1.165, 1.54) is 16.4 Å². The fraction of sp³-hybridized carbons (Fsp3) is 0.381. The molecule has 32 heavy (non-hydrogen) atoms. The van der Waals surface area contributed by atoms with Crippen LogP contribution in [0.3, 0.4) is 0 Å². The standard InChI is InChI=1S/C21H21Cl2F3N2O3S/c22-18-5-2-6-19(23)17(18)13-32(30,31)28-9-7-15(8-10-28)20(29)27-12-14-3-1-4-16(11-14)21(24,25)26/h1-6,11,15H,7-10,12-13H2,(H,27,29). The van der Waals surface area contributed by atoms with Crippen LogP contribution in [0.25, 0.3) is 0 Å². The molecule has 0 atom stereocenters. The largest absolute Gasteiger partial charge is 0.416 e. The van der Waals surface area contributed by atoms with E-state index in [0.717, 1.165) is 12.1 Å². The number of nitrogens with one attached hydrogen (secondary N) is 1. The summed E-state index contributed by atoms with van der Waals surface area (Å²) < 4.78 is 65.3. The second kappa shape index (κ2) is 9.99. The monoisotopic (exact) mass is 508 g/mol. The number of amides is 1. The van der Waals surface area contributed by atoms with Crippen molar-refractivity contribution >= 4 is 39.1 Å². The van der Waals surface area contributed by atoms with Gasteiger partial charge in [-0.3, -0.25) is 4.79 Å². The Hall–Kier alpha value is -1.81. The van der Waals surface area contributed by atoms with Crippen LogP contribution < -0.4 is 5.32 Å². The Morgan fingerprint density at radius 1 is 1.06 bits per heavy atom. The van der Waals surface area contributed by atoms with Crippen LogP contribution in [0.15, 0.2) is 42.5 Å². The third kappa shape index (κ3) is 6.15. The zero-order valence-corrected chi connectivity index (χ0v) is 19.2. The molecule has 3 rings (SSSR count). The van der Waals surface area contributed by atoms with Gasteiger partial charge in [-0.15, -0.1) is 0 Å². The lowest BCUT2D eigenvalue weighted by Crippen LogP contribution is -2.43. The number of carbonyl (C=O) groups is 1. The van der Waals surface area contributed by atoms with Gasteiger partial charge in [0.15, 0.2) is 0 Å². The van der Waals surface area contributed by atoms with Crippen molar-refractivity contribution in [1.82, 2.24) is 9.62 Å². The van der Waals surface area contributed by atoms with Gasteiger partial charge in [0.05, 0.1) is 11.3 Å². The number of hydrogen-bond donors (Lipinski definition) is 1. The third-order valence-electron chi connectivity index (χ3n) is 5.33. The maximum atomic E-state index is 12.8. The van der Waals surface area contributed by atoms with Crippen LogP contribution in [0.4, 0.5) is 13.2 Å². The van der Waals surface area contributed by atoms with Crippen LogP contribution in [-0.4, -0.2) is 31.7 Å². The van der Waals surface area contributed by atoms with Crippen molar-refractivity contribution in [3.63, 3.8) is 0 Å². The molecular formula is C21H21Cl2F3N2O3S. The number of alkyl halides is 3. The highest BCUT2D eigenvalue weighted by molar-refractivity contribution is 7.88. The molecular weight excluding hydrogens is 488 g/mol. The maximum Gasteiger partial charge on any atom is 0.416 e. The molecule has 0 bridgehead atoms. The lowest BCUT2D eigenvalue weighted by atomic mass is 9.97. The van der Waals surface area contributed by atoms with E-state index in [2.05, 4.69) is 5.32 Å². The molecule has 0 unspecified atom stereocenters. The zero-order valence-electron chi connectivity index (χ0n) is 16.8. The fourth-order valence-corrected chi connectivity index (χ4v) is 5.85. The molecule has 0 spiro atoms. The van der Waals surface area contributed by atoms with E-state index in [-0.39, 0.29) is 41.3 Å². The van der Waals surface area contributed by atoms with Crippen molar-refractivity contribution < 1.29 is 26.4 Å². The molecule has 0 saturated carbocycles. The smallest absolute Gasteiger partial charge is 0.352 e. The van der Waals surface area contributed by atoms with Gasteiger partial charge in [-0.1, -0.05) is 41.4 Å². The zero-order chi connectivity index (χ0) is 23.5. The first-order chi connectivity index (χ1) is 15.0. The molecule has 1 aliphatic heterocycles. The third-order valence-corrected chi connectivity index (χ3v) is 7.84. The molecule has 0 aromatic heterocycles. The van der Waals surface area contributed by atoms with Crippen molar-refractivity contribution in [2.45, 2.75) is 31.3 Å². The number of halogens is 5. The molecule has 1 aliphatic rings. The highest BCUT2D eigenvalue weighted by Gasteiger charge is 2.32. The molecule has 5 nitrogen and oxygen atoms in total. The first kappa shape index (κ1) is 24.8. The molecule has 1 amide bonds. The predicted molar refractivity (Wildman–Crippen MR) is 117 cm³/mol. The van der Waals surface area contributed by atoms with Crippen molar-refractivity contribution in [2.75, 3.05) is 13.1 Å². The van der Waals surface area contributed by atoms with Crippen molar-refractivity contribution in [1.29, 1.82) is 0 Å². The Bertz CT molecular complexity index is 1070. The summed E-state index contributed by atoms with van der Waals surface area (Å²) in [6.45, 7) is 0.282. The summed E-state index contributed by atoms with van der Waals surface area (Å²) in [5.74, 6) is -1.07. The summed E-state index contributed by atoms with van der Waals surface area (Å²) in [6, 6.07) is 9.53. The lowest BCUT2D eigenvalue weighted by molar-refractivity contribution is -0.137. The Morgan fingerprint density at radius 2 is 1.66 bits per heavy atom. The van der Waals surface area contributed by atoms with Crippen LogP contribution in [0.2, 0.25) is 10.0 Å². The normalized spacial score (nSPS) is 16.2.